The molecule has 0 saturated heterocycles. The average molecular weight is 226 g/mol. The molecular formula is C13H26N2O. The Balaban J connectivity index is 2.27. The fourth-order valence-electron chi connectivity index (χ4n) is 2.33. The van der Waals surface area contributed by atoms with E-state index in [0.717, 1.165) is 12.5 Å². The number of carbonyl (C=O) groups is 1. The van der Waals surface area contributed by atoms with Crippen LogP contribution in [-0.2, 0) is 4.79 Å². The summed E-state index contributed by atoms with van der Waals surface area (Å²) in [6, 6.07) is 0.299. The highest BCUT2D eigenvalue weighted by molar-refractivity contribution is 5.78. The Morgan fingerprint density at radius 3 is 2.31 bits per heavy atom. The molecule has 1 aliphatic rings. The standard InChI is InChI=1S/C13H26N2O/c1-11(2)15(4)13(16)10-14(3)9-12-7-5-6-8-12/h11-12H,5-10H2,1-4H3. The molecule has 0 aromatic carbocycles. The maximum atomic E-state index is 11.9. The van der Waals surface area contributed by atoms with Crippen LogP contribution in [0.15, 0.2) is 0 Å². The van der Waals surface area contributed by atoms with Gasteiger partial charge in [0, 0.05) is 19.6 Å². The maximum Gasteiger partial charge on any atom is 0.236 e. The van der Waals surface area contributed by atoms with Crippen molar-refractivity contribution >= 4 is 5.91 Å². The van der Waals surface area contributed by atoms with Crippen LogP contribution in [0.2, 0.25) is 0 Å². The van der Waals surface area contributed by atoms with Crippen LogP contribution in [0, 0.1) is 5.92 Å². The van der Waals surface area contributed by atoms with Gasteiger partial charge in [0.15, 0.2) is 0 Å². The molecule has 1 saturated carbocycles. The van der Waals surface area contributed by atoms with Crippen molar-refractivity contribution in [2.75, 3.05) is 27.2 Å². The number of hydrogen-bond donors (Lipinski definition) is 0. The van der Waals surface area contributed by atoms with Crippen molar-refractivity contribution in [2.24, 2.45) is 5.92 Å². The first kappa shape index (κ1) is 13.5. The van der Waals surface area contributed by atoms with E-state index in [4.69, 9.17) is 0 Å². The maximum absolute atomic E-state index is 11.9. The van der Waals surface area contributed by atoms with Crippen molar-refractivity contribution < 1.29 is 4.79 Å². The van der Waals surface area contributed by atoms with Crippen molar-refractivity contribution in [3.05, 3.63) is 0 Å². The van der Waals surface area contributed by atoms with E-state index in [0.29, 0.717) is 12.6 Å². The highest BCUT2D eigenvalue weighted by Gasteiger charge is 2.19. The van der Waals surface area contributed by atoms with E-state index in [1.54, 1.807) is 0 Å². The first-order chi connectivity index (χ1) is 7.50. The number of carbonyl (C=O) groups excluding carboxylic acids is 1. The van der Waals surface area contributed by atoms with Gasteiger partial charge in [-0.2, -0.15) is 0 Å². The van der Waals surface area contributed by atoms with Crippen LogP contribution in [0.25, 0.3) is 0 Å². The van der Waals surface area contributed by atoms with Gasteiger partial charge in [0.25, 0.3) is 0 Å². The zero-order valence-electron chi connectivity index (χ0n) is 11.2. The van der Waals surface area contributed by atoms with Gasteiger partial charge in [-0.1, -0.05) is 12.8 Å². The van der Waals surface area contributed by atoms with E-state index in [1.807, 2.05) is 11.9 Å². The topological polar surface area (TPSA) is 23.6 Å². The average Bonchev–Trinajstić information content (AvgIpc) is 2.68. The molecule has 0 heterocycles. The second kappa shape index (κ2) is 6.24. The molecule has 0 atom stereocenters. The fraction of sp³-hybridized carbons (Fsp3) is 0.923. The zero-order chi connectivity index (χ0) is 12.1. The summed E-state index contributed by atoms with van der Waals surface area (Å²) in [5.41, 5.74) is 0. The minimum atomic E-state index is 0.232. The third-order valence-electron chi connectivity index (χ3n) is 3.62. The smallest absolute Gasteiger partial charge is 0.236 e. The molecule has 0 aromatic rings. The van der Waals surface area contributed by atoms with Crippen LogP contribution in [0.5, 0.6) is 0 Å². The van der Waals surface area contributed by atoms with Crippen LogP contribution in [0.1, 0.15) is 39.5 Å². The summed E-state index contributed by atoms with van der Waals surface area (Å²) in [6.45, 7) is 5.74. The Morgan fingerprint density at radius 1 is 1.25 bits per heavy atom. The largest absolute Gasteiger partial charge is 0.342 e. The molecular weight excluding hydrogens is 200 g/mol. The summed E-state index contributed by atoms with van der Waals surface area (Å²) >= 11 is 0. The molecule has 94 valence electrons. The lowest BCUT2D eigenvalue weighted by molar-refractivity contribution is -0.132. The van der Waals surface area contributed by atoms with Gasteiger partial charge in [-0.05, 0) is 39.7 Å². The Labute approximate surface area is 99.8 Å². The first-order valence-electron chi connectivity index (χ1n) is 6.45. The molecule has 1 fully saturated rings. The molecule has 1 rings (SSSR count). The van der Waals surface area contributed by atoms with E-state index in [-0.39, 0.29) is 5.91 Å². The number of amides is 1. The van der Waals surface area contributed by atoms with E-state index < -0.39 is 0 Å². The quantitative estimate of drug-likeness (QED) is 0.715. The lowest BCUT2D eigenvalue weighted by Gasteiger charge is -2.26. The lowest BCUT2D eigenvalue weighted by atomic mass is 10.1. The van der Waals surface area contributed by atoms with Crippen LogP contribution < -0.4 is 0 Å². The van der Waals surface area contributed by atoms with Gasteiger partial charge in [0.1, 0.15) is 0 Å². The third-order valence-corrected chi connectivity index (χ3v) is 3.62. The van der Waals surface area contributed by atoms with Crippen molar-refractivity contribution in [3.8, 4) is 0 Å². The second-order valence-electron chi connectivity index (χ2n) is 5.45. The molecule has 0 aliphatic heterocycles. The van der Waals surface area contributed by atoms with Gasteiger partial charge in [0.05, 0.1) is 6.54 Å². The Hall–Kier alpha value is -0.570. The number of likely N-dealkylation sites (N-methyl/N-ethyl adjacent to an activating group) is 2. The Bertz CT molecular complexity index is 222. The van der Waals surface area contributed by atoms with Crippen LogP contribution in [-0.4, -0.2) is 48.9 Å². The summed E-state index contributed by atoms with van der Waals surface area (Å²) in [4.78, 5) is 15.9. The third kappa shape index (κ3) is 4.12. The van der Waals surface area contributed by atoms with Gasteiger partial charge in [0.2, 0.25) is 5.91 Å². The van der Waals surface area contributed by atoms with E-state index in [9.17, 15) is 4.79 Å². The molecule has 1 amide bonds. The van der Waals surface area contributed by atoms with Gasteiger partial charge in [-0.15, -0.1) is 0 Å². The monoisotopic (exact) mass is 226 g/mol. The van der Waals surface area contributed by atoms with Crippen LogP contribution in [0.4, 0.5) is 0 Å². The molecule has 1 aliphatic carbocycles. The minimum Gasteiger partial charge on any atom is -0.342 e. The molecule has 16 heavy (non-hydrogen) atoms. The van der Waals surface area contributed by atoms with Gasteiger partial charge >= 0.3 is 0 Å². The molecule has 0 N–H and O–H groups in total. The summed E-state index contributed by atoms with van der Waals surface area (Å²) < 4.78 is 0. The predicted octanol–water partition coefficient (Wildman–Crippen LogP) is 1.98. The number of hydrogen-bond acceptors (Lipinski definition) is 2. The van der Waals surface area contributed by atoms with Crippen molar-refractivity contribution in [3.63, 3.8) is 0 Å². The summed E-state index contributed by atoms with van der Waals surface area (Å²) in [5.74, 6) is 1.05. The van der Waals surface area contributed by atoms with Crippen molar-refractivity contribution in [1.82, 2.24) is 9.80 Å². The minimum absolute atomic E-state index is 0.232. The highest BCUT2D eigenvalue weighted by Crippen LogP contribution is 2.25. The molecule has 0 radical (unpaired) electrons. The van der Waals surface area contributed by atoms with Gasteiger partial charge in [-0.3, -0.25) is 9.69 Å². The number of rotatable bonds is 5. The molecule has 0 unspecified atom stereocenters. The molecule has 3 heteroatoms. The first-order valence-corrected chi connectivity index (χ1v) is 6.45. The SMILES string of the molecule is CC(C)N(C)C(=O)CN(C)CC1CCCC1. The van der Waals surface area contributed by atoms with Crippen molar-refractivity contribution in [1.29, 1.82) is 0 Å². The van der Waals surface area contributed by atoms with Gasteiger partial charge in [-0.25, -0.2) is 0 Å². The molecule has 0 bridgehead atoms. The molecule has 3 nitrogen and oxygen atoms in total. The van der Waals surface area contributed by atoms with Crippen molar-refractivity contribution in [2.45, 2.75) is 45.6 Å². The number of nitrogens with zero attached hydrogens (tertiary/aromatic N) is 2. The normalized spacial score (nSPS) is 17.4. The molecule has 0 aromatic heterocycles. The summed E-state index contributed by atoms with van der Waals surface area (Å²) in [6.07, 6.45) is 5.44. The van der Waals surface area contributed by atoms with E-state index in [1.165, 1.54) is 25.7 Å². The lowest BCUT2D eigenvalue weighted by Crippen LogP contribution is -2.41. The van der Waals surface area contributed by atoms with E-state index >= 15 is 0 Å². The van der Waals surface area contributed by atoms with Crippen LogP contribution >= 0.6 is 0 Å². The Kier molecular flexibility index (Phi) is 5.26. The zero-order valence-corrected chi connectivity index (χ0v) is 11.2. The van der Waals surface area contributed by atoms with Gasteiger partial charge < -0.3 is 4.90 Å². The highest BCUT2D eigenvalue weighted by atomic mass is 16.2. The molecule has 0 spiro atoms. The Morgan fingerprint density at radius 2 is 1.81 bits per heavy atom. The van der Waals surface area contributed by atoms with E-state index in [2.05, 4.69) is 25.8 Å². The predicted molar refractivity (Wildman–Crippen MR) is 67.4 cm³/mol. The summed E-state index contributed by atoms with van der Waals surface area (Å²) in [5, 5.41) is 0. The fourth-order valence-corrected chi connectivity index (χ4v) is 2.33. The summed E-state index contributed by atoms with van der Waals surface area (Å²) in [7, 11) is 3.95. The second-order valence-corrected chi connectivity index (χ2v) is 5.45. The van der Waals surface area contributed by atoms with Crippen LogP contribution in [0.3, 0.4) is 0 Å².